The van der Waals surface area contributed by atoms with E-state index < -0.39 is 10.0 Å². The Morgan fingerprint density at radius 2 is 1.86 bits per heavy atom. The Kier molecular flexibility index (Phi) is 9.55. The zero-order chi connectivity index (χ0) is 26.0. The second kappa shape index (κ2) is 12.8. The molecule has 1 saturated heterocycles. The number of hydrogen-bond donors (Lipinski definition) is 2. The summed E-state index contributed by atoms with van der Waals surface area (Å²) in [6.45, 7) is 12.2. The fraction of sp³-hybridized carbons (Fsp3) is 0.214. The van der Waals surface area contributed by atoms with Gasteiger partial charge in [-0.15, -0.1) is 0 Å². The minimum atomic E-state index is -3.98. The molecule has 0 saturated carbocycles. The Morgan fingerprint density at radius 3 is 2.56 bits per heavy atom. The van der Waals surface area contributed by atoms with Crippen LogP contribution >= 0.6 is 0 Å². The predicted octanol–water partition coefficient (Wildman–Crippen LogP) is 4.96. The molecule has 1 fully saturated rings. The van der Waals surface area contributed by atoms with E-state index >= 15 is 0 Å². The van der Waals surface area contributed by atoms with Crippen molar-refractivity contribution in [3.05, 3.63) is 97.1 Å². The maximum atomic E-state index is 13.4. The summed E-state index contributed by atoms with van der Waals surface area (Å²) in [7, 11) is -3.98. The number of rotatable bonds is 9. The number of amides is 1. The fourth-order valence-electron chi connectivity index (χ4n) is 3.89. The maximum absolute atomic E-state index is 13.4. The zero-order valence-corrected chi connectivity index (χ0v) is 21.3. The summed E-state index contributed by atoms with van der Waals surface area (Å²) < 4.78 is 29.4. The van der Waals surface area contributed by atoms with Crippen LogP contribution in [0.5, 0.6) is 0 Å². The SMILES string of the molecule is C=C/C=C\C(=C\C=C)c1cccc(S(=O)(=O)Nc2ccc(C(=O)N3CCCNCC3)cc2)c1N=CC. The molecule has 0 unspecified atom stereocenters. The van der Waals surface area contributed by atoms with Crippen molar-refractivity contribution in [2.45, 2.75) is 18.2 Å². The first-order valence-electron chi connectivity index (χ1n) is 11.8. The third kappa shape index (κ3) is 6.68. The number of aliphatic imine (C=N–C) groups is 1. The van der Waals surface area contributed by atoms with E-state index in [2.05, 4.69) is 28.2 Å². The van der Waals surface area contributed by atoms with Gasteiger partial charge in [0.25, 0.3) is 15.9 Å². The van der Waals surface area contributed by atoms with Gasteiger partial charge in [-0.2, -0.15) is 0 Å². The molecule has 188 valence electrons. The van der Waals surface area contributed by atoms with Crippen LogP contribution in [0.15, 0.2) is 95.9 Å². The van der Waals surface area contributed by atoms with Crippen molar-refractivity contribution in [2.24, 2.45) is 4.99 Å². The third-order valence-electron chi connectivity index (χ3n) is 5.58. The molecule has 7 nitrogen and oxygen atoms in total. The molecule has 2 aromatic rings. The van der Waals surface area contributed by atoms with Crippen molar-refractivity contribution in [3.63, 3.8) is 0 Å². The minimum absolute atomic E-state index is 0.0392. The molecule has 0 radical (unpaired) electrons. The number of benzene rings is 2. The van der Waals surface area contributed by atoms with Gasteiger partial charge < -0.3 is 10.2 Å². The quantitative estimate of drug-likeness (QED) is 0.373. The molecule has 2 N–H and O–H groups in total. The molecule has 0 aromatic heterocycles. The Balaban J connectivity index is 1.91. The molecule has 2 aromatic carbocycles. The van der Waals surface area contributed by atoms with Gasteiger partial charge >= 0.3 is 0 Å². The number of para-hydroxylation sites is 1. The van der Waals surface area contributed by atoms with Crippen LogP contribution in [0, 0.1) is 0 Å². The Labute approximate surface area is 213 Å². The van der Waals surface area contributed by atoms with Crippen molar-refractivity contribution in [1.82, 2.24) is 10.2 Å². The van der Waals surface area contributed by atoms with Crippen molar-refractivity contribution < 1.29 is 13.2 Å². The lowest BCUT2D eigenvalue weighted by Crippen LogP contribution is -2.34. The van der Waals surface area contributed by atoms with E-state index in [1.165, 1.54) is 6.07 Å². The van der Waals surface area contributed by atoms with E-state index in [-0.39, 0.29) is 10.8 Å². The molecule has 0 aliphatic carbocycles. The number of sulfonamides is 1. The molecule has 3 rings (SSSR count). The highest BCUT2D eigenvalue weighted by Crippen LogP contribution is 2.35. The van der Waals surface area contributed by atoms with E-state index in [0.717, 1.165) is 25.1 Å². The van der Waals surface area contributed by atoms with Crippen LogP contribution in [0.2, 0.25) is 0 Å². The van der Waals surface area contributed by atoms with Crippen LogP contribution in [-0.4, -0.2) is 51.6 Å². The summed E-state index contributed by atoms with van der Waals surface area (Å²) in [5.41, 5.74) is 2.58. The number of allylic oxidation sites excluding steroid dienone is 6. The summed E-state index contributed by atoms with van der Waals surface area (Å²) in [4.78, 5) is 19.1. The smallest absolute Gasteiger partial charge is 0.264 e. The van der Waals surface area contributed by atoms with Gasteiger partial charge in [0, 0.05) is 42.7 Å². The number of nitrogens with one attached hydrogen (secondary N) is 2. The zero-order valence-electron chi connectivity index (χ0n) is 20.5. The van der Waals surface area contributed by atoms with Crippen molar-refractivity contribution in [3.8, 4) is 0 Å². The summed E-state index contributed by atoms with van der Waals surface area (Å²) in [6.07, 6.45) is 11.1. The molecule has 0 bridgehead atoms. The van der Waals surface area contributed by atoms with Gasteiger partial charge in [0.05, 0.1) is 5.69 Å². The van der Waals surface area contributed by atoms with Gasteiger partial charge in [0.2, 0.25) is 0 Å². The van der Waals surface area contributed by atoms with Crippen LogP contribution in [0.1, 0.15) is 29.3 Å². The number of carbonyl (C=O) groups excluding carboxylic acids is 1. The molecule has 1 aliphatic rings. The first kappa shape index (κ1) is 26.8. The van der Waals surface area contributed by atoms with Gasteiger partial charge in [-0.05, 0) is 55.8 Å². The summed E-state index contributed by atoms with van der Waals surface area (Å²) in [6, 6.07) is 11.5. The summed E-state index contributed by atoms with van der Waals surface area (Å²) in [5.74, 6) is -0.0607. The van der Waals surface area contributed by atoms with E-state index in [4.69, 9.17) is 0 Å². The second-order valence-corrected chi connectivity index (χ2v) is 9.72. The molecule has 36 heavy (non-hydrogen) atoms. The highest BCUT2D eigenvalue weighted by Gasteiger charge is 2.22. The Hall–Kier alpha value is -3.75. The first-order chi connectivity index (χ1) is 17.4. The van der Waals surface area contributed by atoms with Crippen LogP contribution in [0.4, 0.5) is 11.4 Å². The van der Waals surface area contributed by atoms with Crippen molar-refractivity contribution in [2.75, 3.05) is 30.9 Å². The minimum Gasteiger partial charge on any atom is -0.337 e. The molecule has 0 spiro atoms. The number of carbonyl (C=O) groups is 1. The molecular weight excluding hydrogens is 472 g/mol. The van der Waals surface area contributed by atoms with E-state index in [0.29, 0.717) is 35.6 Å². The molecule has 1 amide bonds. The summed E-state index contributed by atoms with van der Waals surface area (Å²) in [5, 5.41) is 3.28. The van der Waals surface area contributed by atoms with Gasteiger partial charge in [0.15, 0.2) is 0 Å². The second-order valence-electron chi connectivity index (χ2n) is 8.07. The van der Waals surface area contributed by atoms with Gasteiger partial charge in [-0.3, -0.25) is 14.5 Å². The number of anilines is 1. The van der Waals surface area contributed by atoms with Crippen LogP contribution in [-0.2, 0) is 10.0 Å². The lowest BCUT2D eigenvalue weighted by atomic mass is 10.0. The maximum Gasteiger partial charge on any atom is 0.264 e. The number of hydrogen-bond acceptors (Lipinski definition) is 5. The molecule has 0 atom stereocenters. The van der Waals surface area contributed by atoms with Crippen molar-refractivity contribution >= 4 is 39.1 Å². The lowest BCUT2D eigenvalue weighted by molar-refractivity contribution is 0.0766. The van der Waals surface area contributed by atoms with Crippen LogP contribution in [0.25, 0.3) is 5.57 Å². The molecule has 8 heteroatoms. The van der Waals surface area contributed by atoms with Gasteiger partial charge in [-0.1, -0.05) is 55.7 Å². The highest BCUT2D eigenvalue weighted by atomic mass is 32.2. The summed E-state index contributed by atoms with van der Waals surface area (Å²) >= 11 is 0. The predicted molar refractivity (Wildman–Crippen MR) is 148 cm³/mol. The van der Waals surface area contributed by atoms with Crippen LogP contribution < -0.4 is 10.0 Å². The average molecular weight is 505 g/mol. The van der Waals surface area contributed by atoms with Gasteiger partial charge in [-0.25, -0.2) is 8.42 Å². The Morgan fingerprint density at radius 1 is 1.08 bits per heavy atom. The monoisotopic (exact) mass is 504 g/mol. The molecule has 1 heterocycles. The third-order valence-corrected chi connectivity index (χ3v) is 6.99. The lowest BCUT2D eigenvalue weighted by Gasteiger charge is -2.20. The fourth-order valence-corrected chi connectivity index (χ4v) is 5.12. The van der Waals surface area contributed by atoms with E-state index in [9.17, 15) is 13.2 Å². The normalized spacial score (nSPS) is 15.1. The standard InChI is InChI=1S/C28H32N4O3S/c1-4-7-11-22(10-5-2)25-12-8-13-26(27(25)30-6-3)36(34,35)31-24-16-14-23(15-17-24)28(33)32-20-9-18-29-19-21-32/h4-8,10-17,29,31H,1-2,9,18-21H2,3H3/b11-7-,22-10-,30-6?. The number of nitrogens with zero attached hydrogens (tertiary/aromatic N) is 2. The topological polar surface area (TPSA) is 90.9 Å². The van der Waals surface area contributed by atoms with Gasteiger partial charge in [0.1, 0.15) is 4.90 Å². The van der Waals surface area contributed by atoms with Crippen molar-refractivity contribution in [1.29, 1.82) is 0 Å². The molecular formula is C28H32N4O3S. The Bertz CT molecular complexity index is 1280. The average Bonchev–Trinajstić information content (AvgIpc) is 3.16. The largest absolute Gasteiger partial charge is 0.337 e. The van der Waals surface area contributed by atoms with E-state index in [1.54, 1.807) is 67.8 Å². The molecule has 1 aliphatic heterocycles. The van der Waals surface area contributed by atoms with Crippen LogP contribution in [0.3, 0.4) is 0 Å². The first-order valence-corrected chi connectivity index (χ1v) is 13.3. The van der Waals surface area contributed by atoms with E-state index in [1.807, 2.05) is 17.0 Å². The highest BCUT2D eigenvalue weighted by molar-refractivity contribution is 7.92.